The molecule has 2 aliphatic rings. The summed E-state index contributed by atoms with van der Waals surface area (Å²) in [6.07, 6.45) is -5.64. The van der Waals surface area contributed by atoms with Crippen LogP contribution < -0.4 is 9.47 Å². The van der Waals surface area contributed by atoms with Crippen LogP contribution in [0.3, 0.4) is 0 Å². The van der Waals surface area contributed by atoms with Crippen LogP contribution in [0.1, 0.15) is 43.7 Å². The molecule has 5 nitrogen and oxygen atoms in total. The highest BCUT2D eigenvalue weighted by Gasteiger charge is 2.49. The number of aliphatic hydroxyl groups excluding tert-OH is 3. The Hall–Kier alpha value is -2.55. The first-order valence-electron chi connectivity index (χ1n) is 11.8. The molecule has 2 aromatic carbocycles. The summed E-state index contributed by atoms with van der Waals surface area (Å²) >= 11 is 0. The van der Waals surface area contributed by atoms with Crippen LogP contribution in [0, 0.1) is 5.92 Å². The predicted octanol–water partition coefficient (Wildman–Crippen LogP) is 4.54. The van der Waals surface area contributed by atoms with Gasteiger partial charge in [0.05, 0.1) is 6.10 Å². The minimum atomic E-state index is -4.66. The minimum absolute atomic E-state index is 0.0239. The van der Waals surface area contributed by atoms with Crippen molar-refractivity contribution in [3.8, 4) is 11.5 Å². The van der Waals surface area contributed by atoms with Crippen LogP contribution in [0.4, 0.5) is 13.2 Å². The maximum Gasteiger partial charge on any atom is 0.414 e. The largest absolute Gasteiger partial charge is 0.489 e. The van der Waals surface area contributed by atoms with Crippen molar-refractivity contribution in [1.82, 2.24) is 0 Å². The summed E-state index contributed by atoms with van der Waals surface area (Å²) in [5, 5.41) is 30.9. The maximum atomic E-state index is 12.7. The van der Waals surface area contributed by atoms with Crippen molar-refractivity contribution >= 4 is 0 Å². The molecule has 1 heterocycles. The monoisotopic (exact) mass is 492 g/mol. The second-order valence-electron chi connectivity index (χ2n) is 9.84. The summed E-state index contributed by atoms with van der Waals surface area (Å²) in [6.45, 7) is 3.55. The molecule has 190 valence electrons. The fraction of sp³-hybridized carbons (Fsp3) is 0.481. The Morgan fingerprint density at radius 3 is 2.49 bits per heavy atom. The number of rotatable bonds is 8. The predicted molar refractivity (Wildman–Crippen MR) is 124 cm³/mol. The van der Waals surface area contributed by atoms with Gasteiger partial charge in [-0.25, -0.2) is 0 Å². The van der Waals surface area contributed by atoms with Crippen LogP contribution in [0.5, 0.6) is 11.5 Å². The second kappa shape index (κ2) is 9.84. The molecule has 2 aromatic rings. The number of hydrogen-bond acceptors (Lipinski definition) is 5. The van der Waals surface area contributed by atoms with E-state index in [9.17, 15) is 28.5 Å². The highest BCUT2D eigenvalue weighted by atomic mass is 19.4. The van der Waals surface area contributed by atoms with Crippen molar-refractivity contribution in [3.05, 3.63) is 71.8 Å². The molecule has 1 fully saturated rings. The van der Waals surface area contributed by atoms with Crippen LogP contribution in [0.2, 0.25) is 0 Å². The fourth-order valence-electron chi connectivity index (χ4n) is 4.94. The third kappa shape index (κ3) is 5.50. The fourth-order valence-corrected chi connectivity index (χ4v) is 4.94. The van der Waals surface area contributed by atoms with Crippen LogP contribution in [0.15, 0.2) is 60.7 Å². The molecular weight excluding hydrogens is 461 g/mol. The first-order chi connectivity index (χ1) is 16.5. The molecule has 1 saturated carbocycles. The number of fused-ring (bicyclic) bond motifs is 3. The Kier molecular flexibility index (Phi) is 7.18. The standard InChI is InChI=1S/C27H31F3O5/c1-26(2,35-17-8-4-3-5-9-17)22(32)14-12-18-20(31)15-21-24(18)19-10-6-7-16(25(19)34-21)11-13-23(33)27(28,29)30/h3-10,12,14,18,20-24,31-33H,11,13,15H2,1-2H3/b14-12+/t18-,20+,21-,22+,23?,24-/m0/s1. The lowest BCUT2D eigenvalue weighted by Crippen LogP contribution is -2.41. The molecule has 1 aliphatic heterocycles. The highest BCUT2D eigenvalue weighted by molar-refractivity contribution is 5.49. The van der Waals surface area contributed by atoms with Gasteiger partial charge in [-0.05, 0) is 44.4 Å². The molecule has 35 heavy (non-hydrogen) atoms. The van der Waals surface area contributed by atoms with Crippen LogP contribution in [-0.4, -0.2) is 51.5 Å². The smallest absolute Gasteiger partial charge is 0.414 e. The molecule has 0 spiro atoms. The molecule has 0 saturated heterocycles. The number of benzene rings is 2. The van der Waals surface area contributed by atoms with Crippen molar-refractivity contribution in [2.24, 2.45) is 5.92 Å². The number of aryl methyl sites for hydroxylation is 1. The number of aliphatic hydroxyl groups is 3. The molecule has 1 aliphatic carbocycles. The molecule has 1 unspecified atom stereocenters. The molecule has 4 rings (SSSR count). The van der Waals surface area contributed by atoms with E-state index in [4.69, 9.17) is 9.47 Å². The van der Waals surface area contributed by atoms with Gasteiger partial charge < -0.3 is 24.8 Å². The first-order valence-corrected chi connectivity index (χ1v) is 11.8. The summed E-state index contributed by atoms with van der Waals surface area (Å²) in [5.41, 5.74) is 0.515. The van der Waals surface area contributed by atoms with Gasteiger partial charge in [0, 0.05) is 23.8 Å². The third-order valence-electron chi connectivity index (χ3n) is 6.91. The zero-order valence-corrected chi connectivity index (χ0v) is 19.7. The summed E-state index contributed by atoms with van der Waals surface area (Å²) in [4.78, 5) is 0. The topological polar surface area (TPSA) is 79.2 Å². The van der Waals surface area contributed by atoms with Crippen molar-refractivity contribution in [2.45, 2.75) is 75.2 Å². The van der Waals surface area contributed by atoms with E-state index in [0.717, 1.165) is 5.56 Å². The SMILES string of the molecule is CC(C)(Oc1ccccc1)[C@H](O)/C=C/[C@@H]1[C@H]2c3cccc(CCC(O)C(F)(F)F)c3O[C@H]2C[C@H]1O. The highest BCUT2D eigenvalue weighted by Crippen LogP contribution is 2.52. The van der Waals surface area contributed by atoms with E-state index in [1.54, 1.807) is 38.1 Å². The Balaban J connectivity index is 1.49. The van der Waals surface area contributed by atoms with E-state index in [1.165, 1.54) is 0 Å². The van der Waals surface area contributed by atoms with Gasteiger partial charge in [-0.15, -0.1) is 0 Å². The molecule has 0 bridgehead atoms. The number of ether oxygens (including phenoxy) is 2. The van der Waals surface area contributed by atoms with Crippen LogP contribution >= 0.6 is 0 Å². The Labute approximate surface area is 202 Å². The maximum absolute atomic E-state index is 12.7. The number of alkyl halides is 3. The first kappa shape index (κ1) is 25.5. The zero-order valence-electron chi connectivity index (χ0n) is 19.7. The number of hydrogen-bond donors (Lipinski definition) is 3. The normalized spacial score (nSPS) is 25.7. The third-order valence-corrected chi connectivity index (χ3v) is 6.91. The second-order valence-corrected chi connectivity index (χ2v) is 9.84. The molecule has 3 N–H and O–H groups in total. The lowest BCUT2D eigenvalue weighted by molar-refractivity contribution is -0.205. The minimum Gasteiger partial charge on any atom is -0.489 e. The molecule has 0 radical (unpaired) electrons. The van der Waals surface area contributed by atoms with E-state index < -0.39 is 36.5 Å². The van der Waals surface area contributed by atoms with Gasteiger partial charge in [0.15, 0.2) is 0 Å². The van der Waals surface area contributed by atoms with Crippen LogP contribution in [-0.2, 0) is 6.42 Å². The lowest BCUT2D eigenvalue weighted by atomic mass is 9.86. The van der Waals surface area contributed by atoms with Gasteiger partial charge in [0.1, 0.15) is 35.4 Å². The van der Waals surface area contributed by atoms with Gasteiger partial charge in [-0.2, -0.15) is 13.2 Å². The summed E-state index contributed by atoms with van der Waals surface area (Å²) in [6, 6.07) is 14.5. The zero-order chi connectivity index (χ0) is 25.4. The van der Waals surface area contributed by atoms with E-state index in [0.29, 0.717) is 23.5 Å². The summed E-state index contributed by atoms with van der Waals surface area (Å²) < 4.78 is 50.2. The Bertz CT molecular complexity index is 1040. The lowest BCUT2D eigenvalue weighted by Gasteiger charge is -2.30. The van der Waals surface area contributed by atoms with E-state index in [1.807, 2.05) is 36.4 Å². The quantitative estimate of drug-likeness (QED) is 0.472. The van der Waals surface area contributed by atoms with Gasteiger partial charge >= 0.3 is 6.18 Å². The number of halogens is 3. The van der Waals surface area contributed by atoms with E-state index >= 15 is 0 Å². The van der Waals surface area contributed by atoms with Crippen molar-refractivity contribution < 1.29 is 38.0 Å². The van der Waals surface area contributed by atoms with Crippen LogP contribution in [0.25, 0.3) is 0 Å². The number of para-hydroxylation sites is 2. The molecule has 6 atom stereocenters. The van der Waals surface area contributed by atoms with E-state index in [2.05, 4.69) is 0 Å². The summed E-state index contributed by atoms with van der Waals surface area (Å²) in [7, 11) is 0. The van der Waals surface area contributed by atoms with Crippen molar-refractivity contribution in [1.29, 1.82) is 0 Å². The van der Waals surface area contributed by atoms with Gasteiger partial charge in [-0.3, -0.25) is 0 Å². The summed E-state index contributed by atoms with van der Waals surface area (Å²) in [5.74, 6) is 0.649. The molecule has 0 aromatic heterocycles. The van der Waals surface area contributed by atoms with Gasteiger partial charge in [0.25, 0.3) is 0 Å². The van der Waals surface area contributed by atoms with Gasteiger partial charge in [-0.1, -0.05) is 48.6 Å². The Morgan fingerprint density at radius 1 is 1.09 bits per heavy atom. The average Bonchev–Trinajstić information content (AvgIpc) is 3.30. The van der Waals surface area contributed by atoms with Crippen molar-refractivity contribution in [3.63, 3.8) is 0 Å². The Morgan fingerprint density at radius 2 is 1.80 bits per heavy atom. The molecule has 8 heteroatoms. The van der Waals surface area contributed by atoms with E-state index in [-0.39, 0.29) is 24.4 Å². The molecule has 0 amide bonds. The van der Waals surface area contributed by atoms with Crippen molar-refractivity contribution in [2.75, 3.05) is 0 Å². The van der Waals surface area contributed by atoms with Gasteiger partial charge in [0.2, 0.25) is 0 Å². The average molecular weight is 493 g/mol. The molecular formula is C27H31F3O5.